The summed E-state index contributed by atoms with van der Waals surface area (Å²) in [5.74, 6) is -4.76. The minimum atomic E-state index is -1.69. The van der Waals surface area contributed by atoms with Crippen LogP contribution in [-0.4, -0.2) is 37.5 Å². The molecule has 0 aliphatic carbocycles. The number of halogens is 3. The third-order valence-corrected chi connectivity index (χ3v) is 4.36. The summed E-state index contributed by atoms with van der Waals surface area (Å²) < 4.78 is 50.5. The lowest BCUT2D eigenvalue weighted by molar-refractivity contribution is -0.131. The Morgan fingerprint density at radius 2 is 1.79 bits per heavy atom. The van der Waals surface area contributed by atoms with Gasteiger partial charge in [0.2, 0.25) is 11.8 Å². The SMILES string of the molecule is COc1cc2c(cc1OC)CC(=O)N(CC(=O)Nc1ccc(F)c(F)c1F)C=C2. The number of hydrogen-bond donors (Lipinski definition) is 1. The third kappa shape index (κ3) is 4.18. The van der Waals surface area contributed by atoms with Gasteiger partial charge in [0.1, 0.15) is 6.54 Å². The van der Waals surface area contributed by atoms with Gasteiger partial charge in [-0.15, -0.1) is 0 Å². The third-order valence-electron chi connectivity index (χ3n) is 4.36. The van der Waals surface area contributed by atoms with E-state index in [-0.39, 0.29) is 12.3 Å². The fourth-order valence-corrected chi connectivity index (χ4v) is 2.87. The van der Waals surface area contributed by atoms with Crippen molar-refractivity contribution in [2.24, 2.45) is 0 Å². The maximum atomic E-state index is 13.7. The Labute approximate surface area is 164 Å². The Hall–Kier alpha value is -3.49. The molecule has 2 aromatic carbocycles. The number of nitrogens with one attached hydrogen (secondary N) is 1. The Morgan fingerprint density at radius 1 is 1.10 bits per heavy atom. The molecule has 0 atom stereocenters. The van der Waals surface area contributed by atoms with E-state index in [1.54, 1.807) is 18.2 Å². The molecule has 0 unspecified atom stereocenters. The summed E-state index contributed by atoms with van der Waals surface area (Å²) in [7, 11) is 2.97. The van der Waals surface area contributed by atoms with Crippen molar-refractivity contribution in [1.82, 2.24) is 4.90 Å². The molecule has 9 heteroatoms. The number of anilines is 1. The van der Waals surface area contributed by atoms with E-state index in [1.807, 2.05) is 0 Å². The first-order valence-corrected chi connectivity index (χ1v) is 8.50. The van der Waals surface area contributed by atoms with Gasteiger partial charge in [0.15, 0.2) is 29.0 Å². The van der Waals surface area contributed by atoms with E-state index in [1.165, 1.54) is 20.4 Å². The van der Waals surface area contributed by atoms with E-state index in [2.05, 4.69) is 5.32 Å². The molecular weight excluding hydrogens is 389 g/mol. The quantitative estimate of drug-likeness (QED) is 0.775. The van der Waals surface area contributed by atoms with Crippen molar-refractivity contribution in [2.45, 2.75) is 6.42 Å². The average Bonchev–Trinajstić information content (AvgIpc) is 2.85. The molecular formula is C20H17F3N2O4. The Kier molecular flexibility index (Phi) is 5.76. The number of methoxy groups -OCH3 is 2. The monoisotopic (exact) mass is 406 g/mol. The Bertz CT molecular complexity index is 1010. The molecule has 0 saturated heterocycles. The van der Waals surface area contributed by atoms with Crippen molar-refractivity contribution >= 4 is 23.6 Å². The molecule has 0 bridgehead atoms. The number of carbonyl (C=O) groups excluding carboxylic acids is 2. The van der Waals surface area contributed by atoms with Gasteiger partial charge >= 0.3 is 0 Å². The zero-order valence-corrected chi connectivity index (χ0v) is 15.6. The topological polar surface area (TPSA) is 67.9 Å². The van der Waals surface area contributed by atoms with E-state index in [9.17, 15) is 22.8 Å². The first kappa shape index (κ1) is 20.2. The predicted molar refractivity (Wildman–Crippen MR) is 98.9 cm³/mol. The lowest BCUT2D eigenvalue weighted by Crippen LogP contribution is -2.34. The Morgan fingerprint density at radius 3 is 2.48 bits per heavy atom. The molecule has 1 aliphatic heterocycles. The minimum Gasteiger partial charge on any atom is -0.493 e. The summed E-state index contributed by atoms with van der Waals surface area (Å²) >= 11 is 0. The molecule has 0 radical (unpaired) electrons. The summed E-state index contributed by atoms with van der Waals surface area (Å²) in [6.45, 7) is -0.434. The summed E-state index contributed by atoms with van der Waals surface area (Å²) in [6, 6.07) is 4.98. The number of rotatable bonds is 5. The maximum Gasteiger partial charge on any atom is 0.244 e. The normalized spacial score (nSPS) is 13.0. The molecule has 29 heavy (non-hydrogen) atoms. The number of hydrogen-bond acceptors (Lipinski definition) is 4. The van der Waals surface area contributed by atoms with Crippen LogP contribution in [0.25, 0.3) is 6.08 Å². The molecule has 0 fully saturated rings. The van der Waals surface area contributed by atoms with Crippen LogP contribution < -0.4 is 14.8 Å². The molecule has 0 spiro atoms. The summed E-state index contributed by atoms with van der Waals surface area (Å²) in [6.07, 6.45) is 3.05. The zero-order valence-electron chi connectivity index (χ0n) is 15.6. The van der Waals surface area contributed by atoms with E-state index in [4.69, 9.17) is 9.47 Å². The van der Waals surface area contributed by atoms with Gasteiger partial charge in [0.25, 0.3) is 0 Å². The minimum absolute atomic E-state index is 0.00446. The highest BCUT2D eigenvalue weighted by Gasteiger charge is 2.22. The van der Waals surface area contributed by atoms with Crippen LogP contribution in [-0.2, 0) is 16.0 Å². The molecule has 1 heterocycles. The molecule has 1 N–H and O–H groups in total. The van der Waals surface area contributed by atoms with Crippen LogP contribution in [0.2, 0.25) is 0 Å². The average molecular weight is 406 g/mol. The summed E-state index contributed by atoms with van der Waals surface area (Å²) in [5.41, 5.74) is 0.877. The fraction of sp³-hybridized carbons (Fsp3) is 0.200. The fourth-order valence-electron chi connectivity index (χ4n) is 2.87. The summed E-state index contributed by atoms with van der Waals surface area (Å²) in [4.78, 5) is 25.9. The van der Waals surface area contributed by atoms with Crippen LogP contribution in [0, 0.1) is 17.5 Å². The molecule has 0 saturated carbocycles. The van der Waals surface area contributed by atoms with Gasteiger partial charge < -0.3 is 19.7 Å². The van der Waals surface area contributed by atoms with E-state index < -0.39 is 35.6 Å². The smallest absolute Gasteiger partial charge is 0.244 e. The van der Waals surface area contributed by atoms with E-state index in [0.29, 0.717) is 28.7 Å². The first-order valence-electron chi connectivity index (χ1n) is 8.50. The molecule has 152 valence electrons. The summed E-state index contributed by atoms with van der Waals surface area (Å²) in [5, 5.41) is 2.14. The largest absolute Gasteiger partial charge is 0.493 e. The van der Waals surface area contributed by atoms with Gasteiger partial charge in [-0.2, -0.15) is 0 Å². The second-order valence-corrected chi connectivity index (χ2v) is 6.19. The lowest BCUT2D eigenvalue weighted by atomic mass is 10.0. The number of carbonyl (C=O) groups is 2. The Balaban J connectivity index is 1.76. The zero-order chi connectivity index (χ0) is 21.1. The van der Waals surface area contributed by atoms with Crippen molar-refractivity contribution < 1.29 is 32.2 Å². The molecule has 1 aliphatic rings. The maximum absolute atomic E-state index is 13.7. The van der Waals surface area contributed by atoms with Crippen LogP contribution in [0.5, 0.6) is 11.5 Å². The van der Waals surface area contributed by atoms with E-state index in [0.717, 1.165) is 11.0 Å². The van der Waals surface area contributed by atoms with Crippen LogP contribution in [0.15, 0.2) is 30.5 Å². The van der Waals surface area contributed by atoms with Gasteiger partial charge in [-0.3, -0.25) is 9.59 Å². The molecule has 3 rings (SSSR count). The van der Waals surface area contributed by atoms with Crippen molar-refractivity contribution in [1.29, 1.82) is 0 Å². The number of ether oxygens (including phenoxy) is 2. The lowest BCUT2D eigenvalue weighted by Gasteiger charge is -2.17. The second kappa shape index (κ2) is 8.26. The predicted octanol–water partition coefficient (Wildman–Crippen LogP) is 3.12. The van der Waals surface area contributed by atoms with Crippen molar-refractivity contribution in [3.05, 3.63) is 59.0 Å². The van der Waals surface area contributed by atoms with Crippen molar-refractivity contribution in [3.8, 4) is 11.5 Å². The highest BCUT2D eigenvalue weighted by atomic mass is 19.2. The van der Waals surface area contributed by atoms with Gasteiger partial charge in [0, 0.05) is 6.20 Å². The van der Waals surface area contributed by atoms with Gasteiger partial charge in [0.05, 0.1) is 26.3 Å². The number of amides is 2. The van der Waals surface area contributed by atoms with Crippen LogP contribution in [0.3, 0.4) is 0 Å². The van der Waals surface area contributed by atoms with Gasteiger partial charge in [-0.1, -0.05) is 0 Å². The van der Waals surface area contributed by atoms with E-state index >= 15 is 0 Å². The highest BCUT2D eigenvalue weighted by molar-refractivity contribution is 5.96. The standard InChI is InChI=1S/C20H17F3N2O4/c1-28-15-7-11-5-6-25(18(27)9-12(11)8-16(15)29-2)10-17(26)24-14-4-3-13(21)19(22)20(14)23/h3-8H,9-10H2,1-2H3,(H,24,26). The van der Waals surface area contributed by atoms with Crippen LogP contribution in [0.4, 0.5) is 18.9 Å². The molecule has 6 nitrogen and oxygen atoms in total. The highest BCUT2D eigenvalue weighted by Crippen LogP contribution is 2.32. The number of fused-ring (bicyclic) bond motifs is 1. The number of benzene rings is 2. The van der Waals surface area contributed by atoms with Crippen LogP contribution >= 0.6 is 0 Å². The van der Waals surface area contributed by atoms with Crippen molar-refractivity contribution in [3.63, 3.8) is 0 Å². The van der Waals surface area contributed by atoms with Gasteiger partial charge in [-0.05, 0) is 41.5 Å². The van der Waals surface area contributed by atoms with Crippen molar-refractivity contribution in [2.75, 3.05) is 26.1 Å². The molecule has 0 aromatic heterocycles. The second-order valence-electron chi connectivity index (χ2n) is 6.19. The van der Waals surface area contributed by atoms with Crippen LogP contribution in [0.1, 0.15) is 11.1 Å². The molecule has 2 amide bonds. The van der Waals surface area contributed by atoms with Gasteiger partial charge in [-0.25, -0.2) is 13.2 Å². The number of nitrogens with zero attached hydrogens (tertiary/aromatic N) is 1. The molecule has 2 aromatic rings. The first-order chi connectivity index (χ1) is 13.8.